The number of carbonyl (C=O) groups excluding carboxylic acids is 1. The molecule has 0 bridgehead atoms. The van der Waals surface area contributed by atoms with Gasteiger partial charge in [-0.05, 0) is 24.3 Å². The van der Waals surface area contributed by atoms with Gasteiger partial charge in [-0.1, -0.05) is 15.9 Å². The Morgan fingerprint density at radius 3 is 2.42 bits per heavy atom. The topological polar surface area (TPSA) is 87.9 Å². The number of esters is 1. The fourth-order valence-electron chi connectivity index (χ4n) is 2.05. The van der Waals surface area contributed by atoms with Crippen LogP contribution in [0.3, 0.4) is 0 Å². The molecule has 0 radical (unpaired) electrons. The van der Waals surface area contributed by atoms with Crippen molar-refractivity contribution in [3.8, 4) is 11.5 Å². The summed E-state index contributed by atoms with van der Waals surface area (Å²) >= 11 is 3.33. The Kier molecular flexibility index (Phi) is 5.75. The Morgan fingerprint density at radius 1 is 1.12 bits per heavy atom. The molecule has 2 aromatic rings. The van der Waals surface area contributed by atoms with Gasteiger partial charge in [0, 0.05) is 22.2 Å². The molecule has 0 spiro atoms. The smallest absolute Gasteiger partial charge is 0.342 e. The minimum absolute atomic E-state index is 0.0133. The van der Waals surface area contributed by atoms with Crippen molar-refractivity contribution < 1.29 is 23.9 Å². The lowest BCUT2D eigenvalue weighted by Crippen LogP contribution is -2.08. The number of benzene rings is 2. The maximum atomic E-state index is 12.3. The van der Waals surface area contributed by atoms with Gasteiger partial charge in [0.15, 0.2) is 0 Å². The summed E-state index contributed by atoms with van der Waals surface area (Å²) in [6, 6.07) is 9.03. The molecule has 126 valence electrons. The van der Waals surface area contributed by atoms with Crippen molar-refractivity contribution in [2.24, 2.45) is 0 Å². The molecular formula is C16H14BrNO6. The Morgan fingerprint density at radius 2 is 1.79 bits per heavy atom. The largest absolute Gasteiger partial charge is 0.496 e. The quantitative estimate of drug-likeness (QED) is 0.420. The molecule has 0 fully saturated rings. The molecule has 24 heavy (non-hydrogen) atoms. The van der Waals surface area contributed by atoms with Gasteiger partial charge >= 0.3 is 5.97 Å². The second kappa shape index (κ2) is 7.78. The minimum Gasteiger partial charge on any atom is -0.496 e. The Labute approximate surface area is 146 Å². The molecule has 0 aliphatic carbocycles. The lowest BCUT2D eigenvalue weighted by Gasteiger charge is -2.11. The minimum atomic E-state index is -0.724. The first-order valence-electron chi connectivity index (χ1n) is 6.78. The number of nitrogens with zero attached hydrogens (tertiary/aromatic N) is 1. The summed E-state index contributed by atoms with van der Waals surface area (Å²) in [5.74, 6) is 0.0430. The maximum Gasteiger partial charge on any atom is 0.342 e. The molecule has 0 saturated carbocycles. The van der Waals surface area contributed by atoms with Crippen molar-refractivity contribution in [2.75, 3.05) is 14.2 Å². The van der Waals surface area contributed by atoms with Gasteiger partial charge < -0.3 is 14.2 Å². The zero-order valence-corrected chi connectivity index (χ0v) is 14.5. The molecule has 7 nitrogen and oxygen atoms in total. The van der Waals surface area contributed by atoms with Crippen LogP contribution >= 0.6 is 15.9 Å². The number of carbonyl (C=O) groups is 1. The molecule has 0 N–H and O–H groups in total. The van der Waals surface area contributed by atoms with E-state index in [9.17, 15) is 14.9 Å². The fraction of sp³-hybridized carbons (Fsp3) is 0.188. The van der Waals surface area contributed by atoms with E-state index in [4.69, 9.17) is 14.2 Å². The highest BCUT2D eigenvalue weighted by Crippen LogP contribution is 2.27. The Hall–Kier alpha value is -2.61. The SMILES string of the molecule is COc1ccc(Br)cc1COC(=O)c1cc([N+](=O)[O-])ccc1OC. The Balaban J connectivity index is 2.22. The van der Waals surface area contributed by atoms with Crippen LogP contribution in [0.15, 0.2) is 40.9 Å². The summed E-state index contributed by atoms with van der Waals surface area (Å²) in [6.45, 7) is -0.0483. The van der Waals surface area contributed by atoms with Gasteiger partial charge in [-0.15, -0.1) is 0 Å². The zero-order chi connectivity index (χ0) is 17.7. The van der Waals surface area contributed by atoms with E-state index in [1.807, 2.05) is 0 Å². The number of rotatable bonds is 6. The average molecular weight is 396 g/mol. The van der Waals surface area contributed by atoms with Gasteiger partial charge in [0.05, 0.1) is 19.1 Å². The second-order valence-electron chi connectivity index (χ2n) is 4.67. The van der Waals surface area contributed by atoms with Gasteiger partial charge in [-0.25, -0.2) is 4.79 Å². The van der Waals surface area contributed by atoms with Crippen LogP contribution in [0.1, 0.15) is 15.9 Å². The van der Waals surface area contributed by atoms with Gasteiger partial charge in [0.1, 0.15) is 23.7 Å². The zero-order valence-electron chi connectivity index (χ0n) is 12.9. The molecule has 0 heterocycles. The van der Waals surface area contributed by atoms with Gasteiger partial charge in [-0.2, -0.15) is 0 Å². The number of ether oxygens (including phenoxy) is 3. The van der Waals surface area contributed by atoms with E-state index >= 15 is 0 Å². The van der Waals surface area contributed by atoms with E-state index in [1.165, 1.54) is 26.4 Å². The molecule has 0 amide bonds. The monoisotopic (exact) mass is 395 g/mol. The van der Waals surface area contributed by atoms with Crippen molar-refractivity contribution in [1.82, 2.24) is 0 Å². The molecule has 2 rings (SSSR count). The number of non-ortho nitro benzene ring substituents is 1. The van der Waals surface area contributed by atoms with E-state index in [1.54, 1.807) is 18.2 Å². The van der Waals surface area contributed by atoms with Crippen LogP contribution in [-0.2, 0) is 11.3 Å². The number of halogens is 1. The van der Waals surface area contributed by atoms with Crippen molar-refractivity contribution in [3.05, 3.63) is 62.1 Å². The van der Waals surface area contributed by atoms with Gasteiger partial charge in [0.2, 0.25) is 0 Å². The van der Waals surface area contributed by atoms with Crippen LogP contribution in [0.5, 0.6) is 11.5 Å². The summed E-state index contributed by atoms with van der Waals surface area (Å²) in [4.78, 5) is 22.6. The van der Waals surface area contributed by atoms with Crippen molar-refractivity contribution >= 4 is 27.6 Å². The van der Waals surface area contributed by atoms with E-state index in [2.05, 4.69) is 15.9 Å². The van der Waals surface area contributed by atoms with Crippen LogP contribution in [-0.4, -0.2) is 25.1 Å². The molecule has 0 saturated heterocycles. The molecule has 0 aliphatic heterocycles. The highest BCUT2D eigenvalue weighted by atomic mass is 79.9. The van der Waals surface area contributed by atoms with E-state index in [-0.39, 0.29) is 23.6 Å². The van der Waals surface area contributed by atoms with Crippen LogP contribution in [0.25, 0.3) is 0 Å². The average Bonchev–Trinajstić information content (AvgIpc) is 2.59. The normalized spacial score (nSPS) is 10.1. The number of nitro benzene ring substituents is 1. The second-order valence-corrected chi connectivity index (χ2v) is 5.59. The highest BCUT2D eigenvalue weighted by Gasteiger charge is 2.19. The molecule has 0 unspecified atom stereocenters. The lowest BCUT2D eigenvalue weighted by molar-refractivity contribution is -0.384. The Bertz CT molecular complexity index is 777. The highest BCUT2D eigenvalue weighted by molar-refractivity contribution is 9.10. The molecular weight excluding hydrogens is 382 g/mol. The first kappa shape index (κ1) is 17.7. The number of nitro groups is 1. The van der Waals surface area contributed by atoms with Crippen LogP contribution < -0.4 is 9.47 Å². The number of methoxy groups -OCH3 is 2. The number of hydrogen-bond donors (Lipinski definition) is 0. The maximum absolute atomic E-state index is 12.3. The van der Waals surface area contributed by atoms with E-state index in [0.717, 1.165) is 10.5 Å². The predicted molar refractivity (Wildman–Crippen MR) is 89.5 cm³/mol. The lowest BCUT2D eigenvalue weighted by atomic mass is 10.1. The standard InChI is InChI=1S/C16H14BrNO6/c1-22-14-5-3-11(17)7-10(14)9-24-16(19)13-8-12(18(20)21)4-6-15(13)23-2/h3-8H,9H2,1-2H3. The van der Waals surface area contributed by atoms with Gasteiger partial charge in [-0.3, -0.25) is 10.1 Å². The van der Waals surface area contributed by atoms with E-state index < -0.39 is 10.9 Å². The molecule has 0 atom stereocenters. The third kappa shape index (κ3) is 4.02. The molecule has 2 aromatic carbocycles. The van der Waals surface area contributed by atoms with Crippen molar-refractivity contribution in [1.29, 1.82) is 0 Å². The van der Waals surface area contributed by atoms with Crippen LogP contribution in [0.2, 0.25) is 0 Å². The van der Waals surface area contributed by atoms with E-state index in [0.29, 0.717) is 11.3 Å². The summed E-state index contributed by atoms with van der Waals surface area (Å²) in [7, 11) is 2.88. The third-order valence-corrected chi connectivity index (χ3v) is 3.71. The number of hydrogen-bond acceptors (Lipinski definition) is 6. The summed E-state index contributed by atoms with van der Waals surface area (Å²) in [5, 5.41) is 10.9. The van der Waals surface area contributed by atoms with Crippen LogP contribution in [0.4, 0.5) is 5.69 Å². The molecule has 8 heteroatoms. The summed E-state index contributed by atoms with van der Waals surface area (Å²) < 4.78 is 16.3. The first-order valence-corrected chi connectivity index (χ1v) is 7.57. The fourth-order valence-corrected chi connectivity index (χ4v) is 2.46. The summed E-state index contributed by atoms with van der Waals surface area (Å²) in [5.41, 5.74) is 0.424. The van der Waals surface area contributed by atoms with Crippen molar-refractivity contribution in [3.63, 3.8) is 0 Å². The summed E-state index contributed by atoms with van der Waals surface area (Å²) in [6.07, 6.45) is 0. The molecule has 0 aliphatic rings. The predicted octanol–water partition coefficient (Wildman–Crippen LogP) is 3.73. The molecule has 0 aromatic heterocycles. The third-order valence-electron chi connectivity index (χ3n) is 3.22. The van der Waals surface area contributed by atoms with Crippen LogP contribution in [0, 0.1) is 10.1 Å². The van der Waals surface area contributed by atoms with Gasteiger partial charge in [0.25, 0.3) is 5.69 Å². The first-order chi connectivity index (χ1) is 11.5. The van der Waals surface area contributed by atoms with Crippen molar-refractivity contribution in [2.45, 2.75) is 6.61 Å².